The van der Waals surface area contributed by atoms with E-state index in [1.165, 1.54) is 0 Å². The maximum atomic E-state index is 10.6. The molecule has 0 saturated heterocycles. The number of aryl methyl sites for hydroxylation is 2. The summed E-state index contributed by atoms with van der Waals surface area (Å²) in [5.74, 6) is 0.272. The number of nitrogens with one attached hydrogen (secondary N) is 1. The first-order valence-electron chi connectivity index (χ1n) is 5.73. The van der Waals surface area contributed by atoms with Gasteiger partial charge in [0, 0.05) is 23.7 Å². The highest BCUT2D eigenvalue weighted by Gasteiger charge is 2.10. The van der Waals surface area contributed by atoms with Gasteiger partial charge in [0.2, 0.25) is 0 Å². The van der Waals surface area contributed by atoms with Crippen molar-refractivity contribution in [1.82, 2.24) is 0 Å². The van der Waals surface area contributed by atoms with E-state index in [1.807, 2.05) is 19.9 Å². The molecule has 2 rings (SSSR count). The third-order valence-electron chi connectivity index (χ3n) is 2.85. The minimum atomic E-state index is -0.385. The number of anilines is 1. The van der Waals surface area contributed by atoms with Crippen LogP contribution in [0.25, 0.3) is 0 Å². The van der Waals surface area contributed by atoms with Crippen molar-refractivity contribution in [2.45, 2.75) is 20.4 Å². The highest BCUT2D eigenvalue weighted by Crippen LogP contribution is 2.27. The molecule has 5 nitrogen and oxygen atoms in total. The van der Waals surface area contributed by atoms with Crippen molar-refractivity contribution >= 4 is 22.0 Å². The van der Waals surface area contributed by atoms with Gasteiger partial charge in [0.15, 0.2) is 0 Å². The fraction of sp³-hybridized carbons (Fsp3) is 0.231. The first kappa shape index (κ1) is 13.4. The van der Waals surface area contributed by atoms with Crippen LogP contribution in [0.4, 0.5) is 10.7 Å². The number of phenolic OH excluding ortho intramolecular Hbond substituents is 1. The van der Waals surface area contributed by atoms with Gasteiger partial charge < -0.3 is 10.4 Å². The van der Waals surface area contributed by atoms with Gasteiger partial charge in [-0.3, -0.25) is 10.1 Å². The zero-order chi connectivity index (χ0) is 14.0. The maximum Gasteiger partial charge on any atom is 0.324 e. The number of aromatic hydroxyl groups is 1. The van der Waals surface area contributed by atoms with E-state index < -0.39 is 0 Å². The SMILES string of the molecule is Cc1cc(NCc2csc([N+](=O)[O-])c2)c(C)cc1O. The van der Waals surface area contributed by atoms with E-state index in [9.17, 15) is 15.2 Å². The van der Waals surface area contributed by atoms with E-state index in [0.29, 0.717) is 6.54 Å². The Labute approximate surface area is 114 Å². The van der Waals surface area contributed by atoms with Crippen molar-refractivity contribution in [2.24, 2.45) is 0 Å². The average molecular weight is 278 g/mol. The molecule has 100 valence electrons. The van der Waals surface area contributed by atoms with E-state index in [-0.39, 0.29) is 15.7 Å². The van der Waals surface area contributed by atoms with Gasteiger partial charge in [-0.05, 0) is 42.7 Å². The van der Waals surface area contributed by atoms with Crippen LogP contribution >= 0.6 is 11.3 Å². The van der Waals surface area contributed by atoms with Gasteiger partial charge in [0.1, 0.15) is 5.75 Å². The third-order valence-corrected chi connectivity index (χ3v) is 3.77. The fourth-order valence-corrected chi connectivity index (χ4v) is 2.47. The van der Waals surface area contributed by atoms with E-state index in [4.69, 9.17) is 0 Å². The van der Waals surface area contributed by atoms with Crippen molar-refractivity contribution in [3.05, 3.63) is 50.4 Å². The van der Waals surface area contributed by atoms with Gasteiger partial charge in [-0.2, -0.15) is 0 Å². The Morgan fingerprint density at radius 3 is 2.68 bits per heavy atom. The Bertz CT molecular complexity index is 622. The second-order valence-corrected chi connectivity index (χ2v) is 5.25. The van der Waals surface area contributed by atoms with Crippen LogP contribution in [0.1, 0.15) is 16.7 Å². The number of nitrogens with zero attached hydrogens (tertiary/aromatic N) is 1. The number of rotatable bonds is 4. The summed E-state index contributed by atoms with van der Waals surface area (Å²) >= 11 is 1.12. The van der Waals surface area contributed by atoms with Crippen molar-refractivity contribution in [2.75, 3.05) is 5.32 Å². The Kier molecular flexibility index (Phi) is 3.71. The molecule has 6 heteroatoms. The van der Waals surface area contributed by atoms with Crippen LogP contribution in [0.3, 0.4) is 0 Å². The lowest BCUT2D eigenvalue weighted by atomic mass is 10.1. The van der Waals surface area contributed by atoms with Crippen LogP contribution in [0.5, 0.6) is 5.75 Å². The summed E-state index contributed by atoms with van der Waals surface area (Å²) in [5, 5.41) is 25.3. The molecule has 0 atom stereocenters. The standard InChI is InChI=1S/C13H14N2O3S/c1-8-4-12(16)9(2)3-11(8)14-6-10-5-13(15(17)18)19-7-10/h3-5,7,14,16H,6H2,1-2H3. The summed E-state index contributed by atoms with van der Waals surface area (Å²) in [6.45, 7) is 4.25. The number of nitro groups is 1. The Balaban J connectivity index is 2.09. The highest BCUT2D eigenvalue weighted by atomic mass is 32.1. The molecule has 0 saturated carbocycles. The lowest BCUT2D eigenvalue weighted by molar-refractivity contribution is -0.380. The minimum Gasteiger partial charge on any atom is -0.508 e. The Hall–Kier alpha value is -2.08. The van der Waals surface area contributed by atoms with Crippen LogP contribution in [0.2, 0.25) is 0 Å². The number of hydrogen-bond donors (Lipinski definition) is 2. The maximum absolute atomic E-state index is 10.6. The smallest absolute Gasteiger partial charge is 0.324 e. The highest BCUT2D eigenvalue weighted by molar-refractivity contribution is 7.13. The van der Waals surface area contributed by atoms with Gasteiger partial charge in [0.25, 0.3) is 0 Å². The lowest BCUT2D eigenvalue weighted by Gasteiger charge is -2.10. The summed E-state index contributed by atoms with van der Waals surface area (Å²) < 4.78 is 0. The van der Waals surface area contributed by atoms with Crippen molar-refractivity contribution in [1.29, 1.82) is 0 Å². The zero-order valence-electron chi connectivity index (χ0n) is 10.6. The second-order valence-electron chi connectivity index (χ2n) is 4.36. The summed E-state index contributed by atoms with van der Waals surface area (Å²) in [4.78, 5) is 10.2. The Morgan fingerprint density at radius 2 is 2.05 bits per heavy atom. The molecule has 0 aliphatic carbocycles. The summed E-state index contributed by atoms with van der Waals surface area (Å²) in [7, 11) is 0. The number of benzene rings is 1. The van der Waals surface area contributed by atoms with E-state index >= 15 is 0 Å². The number of hydrogen-bond acceptors (Lipinski definition) is 5. The summed E-state index contributed by atoms with van der Waals surface area (Å²) in [5.41, 5.74) is 3.53. The van der Waals surface area contributed by atoms with Crippen LogP contribution in [0.15, 0.2) is 23.6 Å². The van der Waals surface area contributed by atoms with Crippen molar-refractivity contribution in [3.63, 3.8) is 0 Å². The molecule has 19 heavy (non-hydrogen) atoms. The molecule has 0 spiro atoms. The lowest BCUT2D eigenvalue weighted by Crippen LogP contribution is -2.00. The summed E-state index contributed by atoms with van der Waals surface area (Å²) in [6, 6.07) is 5.14. The molecule has 0 amide bonds. The first-order valence-corrected chi connectivity index (χ1v) is 6.61. The number of phenols is 1. The van der Waals surface area contributed by atoms with E-state index in [0.717, 1.165) is 33.7 Å². The van der Waals surface area contributed by atoms with Crippen LogP contribution in [-0.4, -0.2) is 10.0 Å². The van der Waals surface area contributed by atoms with Gasteiger partial charge in [-0.25, -0.2) is 0 Å². The van der Waals surface area contributed by atoms with E-state index in [2.05, 4.69) is 5.32 Å². The van der Waals surface area contributed by atoms with E-state index in [1.54, 1.807) is 17.5 Å². The molecular formula is C13H14N2O3S. The first-order chi connectivity index (χ1) is 8.97. The summed E-state index contributed by atoms with van der Waals surface area (Å²) in [6.07, 6.45) is 0. The predicted octanol–water partition coefficient (Wildman–Crippen LogP) is 3.59. The van der Waals surface area contributed by atoms with Gasteiger partial charge in [0.05, 0.1) is 4.92 Å². The fourth-order valence-electron chi connectivity index (χ4n) is 1.74. The number of thiophene rings is 1. The molecule has 2 N–H and O–H groups in total. The average Bonchev–Trinajstić information content (AvgIpc) is 2.81. The quantitative estimate of drug-likeness (QED) is 0.509. The van der Waals surface area contributed by atoms with Crippen LogP contribution in [-0.2, 0) is 6.54 Å². The molecular weight excluding hydrogens is 264 g/mol. The van der Waals surface area contributed by atoms with Crippen molar-refractivity contribution in [3.8, 4) is 5.75 Å². The topological polar surface area (TPSA) is 75.4 Å². The minimum absolute atomic E-state index is 0.149. The van der Waals surface area contributed by atoms with Crippen molar-refractivity contribution < 1.29 is 10.0 Å². The molecule has 1 aromatic heterocycles. The molecule has 0 aliphatic heterocycles. The van der Waals surface area contributed by atoms with Crippen LogP contribution < -0.4 is 5.32 Å². The van der Waals surface area contributed by atoms with Gasteiger partial charge in [-0.15, -0.1) is 0 Å². The zero-order valence-corrected chi connectivity index (χ0v) is 11.5. The monoisotopic (exact) mass is 278 g/mol. The Morgan fingerprint density at radius 1 is 1.32 bits per heavy atom. The van der Waals surface area contributed by atoms with Crippen LogP contribution in [0, 0.1) is 24.0 Å². The molecule has 0 radical (unpaired) electrons. The van der Waals surface area contributed by atoms with Gasteiger partial charge in [-0.1, -0.05) is 11.3 Å². The molecule has 1 heterocycles. The van der Waals surface area contributed by atoms with Gasteiger partial charge >= 0.3 is 5.00 Å². The molecule has 0 unspecified atom stereocenters. The molecule has 0 aliphatic rings. The predicted molar refractivity (Wildman–Crippen MR) is 75.9 cm³/mol. The largest absolute Gasteiger partial charge is 0.508 e. The third kappa shape index (κ3) is 3.03. The molecule has 0 fully saturated rings. The normalized spacial score (nSPS) is 10.4. The molecule has 1 aromatic carbocycles. The molecule has 2 aromatic rings. The molecule has 0 bridgehead atoms. The second kappa shape index (κ2) is 5.27.